The zero-order valence-electron chi connectivity index (χ0n) is 13.6. The quantitative estimate of drug-likeness (QED) is 0.610. The van der Waals surface area contributed by atoms with Crippen molar-refractivity contribution in [2.45, 2.75) is 20.1 Å². The van der Waals surface area contributed by atoms with Gasteiger partial charge in [0.2, 0.25) is 0 Å². The van der Waals surface area contributed by atoms with E-state index in [2.05, 4.69) is 36.5 Å². The molecular weight excluding hydrogens is 318 g/mol. The van der Waals surface area contributed by atoms with Crippen molar-refractivity contribution in [3.05, 3.63) is 94.5 Å². The van der Waals surface area contributed by atoms with Crippen molar-refractivity contribution in [2.24, 2.45) is 0 Å². The van der Waals surface area contributed by atoms with Crippen molar-refractivity contribution < 1.29 is 4.74 Å². The molecule has 0 aliphatic carbocycles. The van der Waals surface area contributed by atoms with E-state index < -0.39 is 0 Å². The van der Waals surface area contributed by atoms with Gasteiger partial charge in [-0.3, -0.25) is 0 Å². The highest BCUT2D eigenvalue weighted by Crippen LogP contribution is 2.18. The highest BCUT2D eigenvalue weighted by Gasteiger charge is 1.99. The molecule has 24 heavy (non-hydrogen) atoms. The molecule has 0 unspecified atom stereocenters. The molecular formula is C21H20ClNO. The number of hydrogen-bond acceptors (Lipinski definition) is 2. The summed E-state index contributed by atoms with van der Waals surface area (Å²) in [6.07, 6.45) is 0. The SMILES string of the molecule is Cc1ccccc1NCc1ccc(OCc2ccc(Cl)cc2)cc1. The van der Waals surface area contributed by atoms with Crippen molar-refractivity contribution in [3.63, 3.8) is 0 Å². The smallest absolute Gasteiger partial charge is 0.119 e. The van der Waals surface area contributed by atoms with Gasteiger partial charge in [-0.1, -0.05) is 54.1 Å². The lowest BCUT2D eigenvalue weighted by atomic mass is 10.1. The molecule has 0 spiro atoms. The van der Waals surface area contributed by atoms with E-state index in [1.807, 2.05) is 48.5 Å². The van der Waals surface area contributed by atoms with Crippen LogP contribution in [-0.4, -0.2) is 0 Å². The summed E-state index contributed by atoms with van der Waals surface area (Å²) in [5.74, 6) is 0.865. The number of aryl methyl sites for hydroxylation is 1. The maximum absolute atomic E-state index is 5.88. The van der Waals surface area contributed by atoms with Crippen LogP contribution in [0, 0.1) is 6.92 Å². The number of nitrogens with one attached hydrogen (secondary N) is 1. The molecule has 0 saturated carbocycles. The van der Waals surface area contributed by atoms with Crippen LogP contribution in [0.1, 0.15) is 16.7 Å². The zero-order valence-corrected chi connectivity index (χ0v) is 14.4. The maximum Gasteiger partial charge on any atom is 0.119 e. The Hall–Kier alpha value is -2.45. The molecule has 0 aliphatic rings. The lowest BCUT2D eigenvalue weighted by molar-refractivity contribution is 0.306. The second-order valence-electron chi connectivity index (χ2n) is 5.73. The lowest BCUT2D eigenvalue weighted by Crippen LogP contribution is -2.01. The molecule has 3 heteroatoms. The summed E-state index contributed by atoms with van der Waals surface area (Å²) in [6, 6.07) is 24.2. The van der Waals surface area contributed by atoms with Crippen molar-refractivity contribution in [2.75, 3.05) is 5.32 Å². The molecule has 0 saturated heterocycles. The second kappa shape index (κ2) is 7.89. The molecule has 0 aliphatic heterocycles. The molecule has 2 nitrogen and oxygen atoms in total. The van der Waals surface area contributed by atoms with Gasteiger partial charge in [-0.05, 0) is 53.9 Å². The molecule has 0 aromatic heterocycles. The zero-order chi connectivity index (χ0) is 16.8. The summed E-state index contributed by atoms with van der Waals surface area (Å²) in [6.45, 7) is 3.44. The number of hydrogen-bond donors (Lipinski definition) is 1. The Bertz CT molecular complexity index is 782. The van der Waals surface area contributed by atoms with Crippen LogP contribution in [0.4, 0.5) is 5.69 Å². The van der Waals surface area contributed by atoms with Gasteiger partial charge in [0.1, 0.15) is 12.4 Å². The molecule has 0 heterocycles. The molecule has 0 radical (unpaired) electrons. The molecule has 0 fully saturated rings. The third-order valence-corrected chi connectivity index (χ3v) is 4.12. The highest BCUT2D eigenvalue weighted by molar-refractivity contribution is 6.30. The summed E-state index contributed by atoms with van der Waals surface area (Å²) in [7, 11) is 0. The first-order chi connectivity index (χ1) is 11.7. The van der Waals surface area contributed by atoms with Gasteiger partial charge in [0.15, 0.2) is 0 Å². The van der Waals surface area contributed by atoms with E-state index in [9.17, 15) is 0 Å². The fourth-order valence-electron chi connectivity index (χ4n) is 2.42. The number of halogens is 1. The van der Waals surface area contributed by atoms with Crippen LogP contribution in [0.3, 0.4) is 0 Å². The van der Waals surface area contributed by atoms with Gasteiger partial charge in [-0.2, -0.15) is 0 Å². The van der Waals surface area contributed by atoms with Crippen LogP contribution < -0.4 is 10.1 Å². The molecule has 0 amide bonds. The summed E-state index contributed by atoms with van der Waals surface area (Å²) in [4.78, 5) is 0. The average molecular weight is 338 g/mol. The van der Waals surface area contributed by atoms with E-state index >= 15 is 0 Å². The Kier molecular flexibility index (Phi) is 5.39. The lowest BCUT2D eigenvalue weighted by Gasteiger charge is -2.10. The first-order valence-corrected chi connectivity index (χ1v) is 8.34. The van der Waals surface area contributed by atoms with Gasteiger partial charge >= 0.3 is 0 Å². The number of para-hydroxylation sites is 1. The minimum absolute atomic E-state index is 0.540. The number of benzene rings is 3. The third kappa shape index (κ3) is 4.53. The molecule has 3 aromatic rings. The fraction of sp³-hybridized carbons (Fsp3) is 0.143. The van der Waals surface area contributed by atoms with Crippen LogP contribution in [0.25, 0.3) is 0 Å². The molecule has 0 bridgehead atoms. The van der Waals surface area contributed by atoms with Gasteiger partial charge in [-0.15, -0.1) is 0 Å². The predicted octanol–water partition coefficient (Wildman–Crippen LogP) is 5.84. The Morgan fingerprint density at radius 2 is 1.50 bits per heavy atom. The molecule has 3 rings (SSSR count). The minimum atomic E-state index is 0.540. The van der Waals surface area contributed by atoms with Gasteiger partial charge in [0, 0.05) is 17.3 Å². The number of anilines is 1. The first-order valence-electron chi connectivity index (χ1n) is 7.96. The van der Waals surface area contributed by atoms with Crippen LogP contribution in [0.15, 0.2) is 72.8 Å². The fourth-order valence-corrected chi connectivity index (χ4v) is 2.55. The summed E-state index contributed by atoms with van der Waals surface area (Å²) in [5.41, 5.74) is 4.74. The molecule has 3 aromatic carbocycles. The monoisotopic (exact) mass is 337 g/mol. The molecule has 1 N–H and O–H groups in total. The van der Waals surface area contributed by atoms with Crippen molar-refractivity contribution in [3.8, 4) is 5.75 Å². The van der Waals surface area contributed by atoms with Gasteiger partial charge in [0.25, 0.3) is 0 Å². The van der Waals surface area contributed by atoms with E-state index in [0.29, 0.717) is 6.61 Å². The summed E-state index contributed by atoms with van der Waals surface area (Å²) in [5, 5.41) is 4.20. The maximum atomic E-state index is 5.88. The Balaban J connectivity index is 1.53. The molecule has 122 valence electrons. The van der Waals surface area contributed by atoms with E-state index in [1.54, 1.807) is 0 Å². The van der Waals surface area contributed by atoms with Crippen LogP contribution >= 0.6 is 11.6 Å². The highest BCUT2D eigenvalue weighted by atomic mass is 35.5. The van der Waals surface area contributed by atoms with Gasteiger partial charge in [-0.25, -0.2) is 0 Å². The van der Waals surface area contributed by atoms with Gasteiger partial charge < -0.3 is 10.1 Å². The normalized spacial score (nSPS) is 10.4. The van der Waals surface area contributed by atoms with Crippen molar-refractivity contribution in [1.29, 1.82) is 0 Å². The Labute approximate surface area is 148 Å². The largest absolute Gasteiger partial charge is 0.489 e. The van der Waals surface area contributed by atoms with E-state index in [1.165, 1.54) is 16.8 Å². The predicted molar refractivity (Wildman–Crippen MR) is 101 cm³/mol. The number of rotatable bonds is 6. The summed E-state index contributed by atoms with van der Waals surface area (Å²) < 4.78 is 5.81. The number of ether oxygens (including phenoxy) is 1. The standard InChI is InChI=1S/C21H20ClNO/c1-16-4-2-3-5-21(16)23-14-17-8-12-20(13-9-17)24-15-18-6-10-19(22)11-7-18/h2-13,23H,14-15H2,1H3. The minimum Gasteiger partial charge on any atom is -0.489 e. The van der Waals surface area contributed by atoms with Crippen LogP contribution in [0.5, 0.6) is 5.75 Å². The van der Waals surface area contributed by atoms with Crippen LogP contribution in [-0.2, 0) is 13.2 Å². The second-order valence-corrected chi connectivity index (χ2v) is 6.16. The van der Waals surface area contributed by atoms with E-state index in [4.69, 9.17) is 16.3 Å². The Morgan fingerprint density at radius 3 is 2.21 bits per heavy atom. The average Bonchev–Trinajstić information content (AvgIpc) is 2.61. The van der Waals surface area contributed by atoms with Crippen molar-refractivity contribution in [1.82, 2.24) is 0 Å². The van der Waals surface area contributed by atoms with Crippen molar-refractivity contribution >= 4 is 17.3 Å². The topological polar surface area (TPSA) is 21.3 Å². The van der Waals surface area contributed by atoms with Crippen LogP contribution in [0.2, 0.25) is 5.02 Å². The van der Waals surface area contributed by atoms with Gasteiger partial charge in [0.05, 0.1) is 0 Å². The molecule has 0 atom stereocenters. The van der Waals surface area contributed by atoms with E-state index in [-0.39, 0.29) is 0 Å². The summed E-state index contributed by atoms with van der Waals surface area (Å²) >= 11 is 5.88. The third-order valence-electron chi connectivity index (χ3n) is 3.87. The first kappa shape index (κ1) is 16.4. The van der Waals surface area contributed by atoms with E-state index in [0.717, 1.165) is 22.9 Å². The Morgan fingerprint density at radius 1 is 0.833 bits per heavy atom.